The highest BCUT2D eigenvalue weighted by atomic mass is 16.7. The second-order valence-electron chi connectivity index (χ2n) is 12.4. The molecule has 0 aromatic carbocycles. The van der Waals surface area contributed by atoms with Gasteiger partial charge in [-0.15, -0.1) is 0 Å². The highest BCUT2D eigenvalue weighted by molar-refractivity contribution is 5.69. The van der Waals surface area contributed by atoms with Crippen molar-refractivity contribution in [2.75, 3.05) is 13.7 Å². The van der Waals surface area contributed by atoms with Gasteiger partial charge in [0.15, 0.2) is 0 Å². The standard InChI is InChI=1S/C28H46O7/c1-6-34-26(32)35-18-11-12-27(3)17(13-18)14-22(29)25-20-9-8-19(16(2)7-10-24(31)33-5)28(20,4)23(30)15-21(25)27/h16-23,25,29-30H,6-15H2,1-5H3/t16-,17+,18-,19-,20+,21+,22+,23+,25+,27-,28-/m0/s1. The first-order valence-electron chi connectivity index (χ1n) is 13.8. The second-order valence-corrected chi connectivity index (χ2v) is 12.4. The van der Waals surface area contributed by atoms with Crippen LogP contribution in [0.3, 0.4) is 0 Å². The van der Waals surface area contributed by atoms with Gasteiger partial charge in [0.1, 0.15) is 6.10 Å². The Hall–Kier alpha value is -1.34. The van der Waals surface area contributed by atoms with E-state index in [1.807, 2.05) is 0 Å². The first-order chi connectivity index (χ1) is 16.6. The third kappa shape index (κ3) is 4.60. The van der Waals surface area contributed by atoms with Gasteiger partial charge in [0, 0.05) is 6.42 Å². The quantitative estimate of drug-likeness (QED) is 0.515. The minimum absolute atomic E-state index is 0.0231. The molecule has 7 heteroatoms. The predicted octanol–water partition coefficient (Wildman–Crippen LogP) is 4.72. The number of ether oxygens (including phenoxy) is 3. The normalized spacial score (nSPS) is 45.5. The second kappa shape index (κ2) is 10.2. The fraction of sp³-hybridized carbons (Fsp3) is 0.929. The van der Waals surface area contributed by atoms with Crippen LogP contribution in [0.25, 0.3) is 0 Å². The van der Waals surface area contributed by atoms with Crippen molar-refractivity contribution in [2.24, 2.45) is 46.3 Å². The maximum atomic E-state index is 11.9. The summed E-state index contributed by atoms with van der Waals surface area (Å²) in [5, 5.41) is 23.2. The summed E-state index contributed by atoms with van der Waals surface area (Å²) < 4.78 is 15.4. The van der Waals surface area contributed by atoms with Gasteiger partial charge in [-0.2, -0.15) is 0 Å². The molecular weight excluding hydrogens is 448 g/mol. The van der Waals surface area contributed by atoms with Gasteiger partial charge < -0.3 is 24.4 Å². The van der Waals surface area contributed by atoms with Gasteiger partial charge in [-0.1, -0.05) is 20.8 Å². The fourth-order valence-corrected chi connectivity index (χ4v) is 9.16. The molecule has 4 aliphatic rings. The average molecular weight is 495 g/mol. The molecule has 0 aromatic rings. The smallest absolute Gasteiger partial charge is 0.469 e. The summed E-state index contributed by atoms with van der Waals surface area (Å²) in [6.07, 6.45) is 5.58. The SMILES string of the molecule is CCOC(=O)O[C@H]1CC[C@@]2(C)[C@H](C1)C[C@@H](O)[C@H]1[C@H]2C[C@@H](O)[C@]2(C)[C@@H]1CC[C@H]2[C@@H](C)CCC(=O)OC. The fourth-order valence-electron chi connectivity index (χ4n) is 9.16. The highest BCUT2D eigenvalue weighted by Crippen LogP contribution is 2.68. The van der Waals surface area contributed by atoms with E-state index in [0.717, 1.165) is 44.9 Å². The predicted molar refractivity (Wildman–Crippen MR) is 130 cm³/mol. The van der Waals surface area contributed by atoms with Gasteiger partial charge >= 0.3 is 12.1 Å². The van der Waals surface area contributed by atoms with Crippen molar-refractivity contribution in [2.45, 2.75) is 104 Å². The highest BCUT2D eigenvalue weighted by Gasteiger charge is 2.65. The van der Waals surface area contributed by atoms with Gasteiger partial charge in [-0.25, -0.2) is 4.79 Å². The number of methoxy groups -OCH3 is 1. The van der Waals surface area contributed by atoms with Crippen LogP contribution < -0.4 is 0 Å². The number of carbonyl (C=O) groups excluding carboxylic acids is 2. The first kappa shape index (κ1) is 26.7. The lowest BCUT2D eigenvalue weighted by Crippen LogP contribution is -2.62. The van der Waals surface area contributed by atoms with E-state index in [9.17, 15) is 19.8 Å². The van der Waals surface area contributed by atoms with Crippen molar-refractivity contribution in [3.63, 3.8) is 0 Å². The van der Waals surface area contributed by atoms with E-state index in [0.29, 0.717) is 31.3 Å². The summed E-state index contributed by atoms with van der Waals surface area (Å²) in [4.78, 5) is 23.6. The molecule has 11 atom stereocenters. The molecule has 0 amide bonds. The Labute approximate surface area is 210 Å². The monoisotopic (exact) mass is 494 g/mol. The van der Waals surface area contributed by atoms with E-state index in [1.54, 1.807) is 6.92 Å². The minimum atomic E-state index is -0.600. The number of fused-ring (bicyclic) bond motifs is 5. The van der Waals surface area contributed by atoms with Crippen LogP contribution in [0.5, 0.6) is 0 Å². The Balaban J connectivity index is 1.50. The largest absolute Gasteiger partial charge is 0.508 e. The van der Waals surface area contributed by atoms with Crippen molar-refractivity contribution in [1.29, 1.82) is 0 Å². The van der Waals surface area contributed by atoms with Crippen LogP contribution in [0.4, 0.5) is 4.79 Å². The zero-order valence-electron chi connectivity index (χ0n) is 22.2. The van der Waals surface area contributed by atoms with Crippen molar-refractivity contribution in [1.82, 2.24) is 0 Å². The molecule has 0 bridgehead atoms. The topological polar surface area (TPSA) is 102 Å². The van der Waals surface area contributed by atoms with E-state index in [-0.39, 0.29) is 46.6 Å². The molecule has 4 fully saturated rings. The molecule has 0 heterocycles. The minimum Gasteiger partial charge on any atom is -0.469 e. The molecule has 0 aromatic heterocycles. The van der Waals surface area contributed by atoms with Gasteiger partial charge in [0.25, 0.3) is 0 Å². The number of esters is 1. The Bertz CT molecular complexity index is 785. The summed E-state index contributed by atoms with van der Waals surface area (Å²) in [5.41, 5.74) is -0.222. The lowest BCUT2D eigenvalue weighted by molar-refractivity contribution is -0.207. The zero-order chi connectivity index (χ0) is 25.5. The van der Waals surface area contributed by atoms with Crippen molar-refractivity contribution in [3.8, 4) is 0 Å². The molecule has 0 radical (unpaired) electrons. The molecular formula is C28H46O7. The van der Waals surface area contributed by atoms with Crippen LogP contribution in [0, 0.1) is 46.3 Å². The van der Waals surface area contributed by atoms with Gasteiger partial charge in [0.05, 0.1) is 25.9 Å². The molecule has 200 valence electrons. The first-order valence-corrected chi connectivity index (χ1v) is 13.8. The Morgan fingerprint density at radius 1 is 1.06 bits per heavy atom. The Kier molecular flexibility index (Phi) is 7.78. The number of aliphatic hydroxyl groups excluding tert-OH is 2. The molecule has 0 aliphatic heterocycles. The number of hydrogen-bond donors (Lipinski definition) is 2. The van der Waals surface area contributed by atoms with E-state index >= 15 is 0 Å². The third-order valence-electron chi connectivity index (χ3n) is 11.1. The zero-order valence-corrected chi connectivity index (χ0v) is 22.2. The molecule has 35 heavy (non-hydrogen) atoms. The van der Waals surface area contributed by atoms with Gasteiger partial charge in [-0.3, -0.25) is 4.79 Å². The Morgan fingerprint density at radius 2 is 1.80 bits per heavy atom. The molecule has 4 aliphatic carbocycles. The van der Waals surface area contributed by atoms with Crippen LogP contribution in [-0.4, -0.2) is 54.4 Å². The van der Waals surface area contributed by atoms with E-state index in [1.165, 1.54) is 7.11 Å². The maximum Gasteiger partial charge on any atom is 0.508 e. The molecule has 0 saturated heterocycles. The van der Waals surface area contributed by atoms with Gasteiger partial charge in [0.2, 0.25) is 0 Å². The van der Waals surface area contributed by atoms with Crippen LogP contribution in [0.1, 0.15) is 85.5 Å². The van der Waals surface area contributed by atoms with Crippen LogP contribution >= 0.6 is 0 Å². The van der Waals surface area contributed by atoms with Gasteiger partial charge in [-0.05, 0) is 105 Å². The van der Waals surface area contributed by atoms with E-state index in [4.69, 9.17) is 14.2 Å². The molecule has 4 rings (SSSR count). The van der Waals surface area contributed by atoms with E-state index in [2.05, 4.69) is 20.8 Å². The summed E-state index contributed by atoms with van der Waals surface area (Å²) in [6, 6.07) is 0. The van der Waals surface area contributed by atoms with Crippen molar-refractivity contribution < 1.29 is 34.0 Å². The summed E-state index contributed by atoms with van der Waals surface area (Å²) in [5.74, 6) is 1.46. The maximum absolute atomic E-state index is 11.9. The molecule has 0 unspecified atom stereocenters. The summed E-state index contributed by atoms with van der Waals surface area (Å²) in [6.45, 7) is 8.88. The van der Waals surface area contributed by atoms with Crippen molar-refractivity contribution in [3.05, 3.63) is 0 Å². The van der Waals surface area contributed by atoms with E-state index < -0.39 is 18.4 Å². The van der Waals surface area contributed by atoms with Crippen molar-refractivity contribution >= 4 is 12.1 Å². The lowest BCUT2D eigenvalue weighted by atomic mass is 9.43. The number of aliphatic hydroxyl groups is 2. The van der Waals surface area contributed by atoms with Crippen LogP contribution in [0.15, 0.2) is 0 Å². The Morgan fingerprint density at radius 3 is 2.49 bits per heavy atom. The molecule has 2 N–H and O–H groups in total. The average Bonchev–Trinajstić information content (AvgIpc) is 3.17. The number of rotatable bonds is 6. The molecule has 7 nitrogen and oxygen atoms in total. The van der Waals surface area contributed by atoms with Crippen LogP contribution in [-0.2, 0) is 19.0 Å². The third-order valence-corrected chi connectivity index (χ3v) is 11.1. The number of carbonyl (C=O) groups is 2. The summed E-state index contributed by atoms with van der Waals surface area (Å²) in [7, 11) is 1.43. The molecule has 4 saturated carbocycles. The van der Waals surface area contributed by atoms with Crippen LogP contribution in [0.2, 0.25) is 0 Å². The molecule has 0 spiro atoms. The number of hydrogen-bond acceptors (Lipinski definition) is 7. The lowest BCUT2D eigenvalue weighted by Gasteiger charge is -2.63. The summed E-state index contributed by atoms with van der Waals surface area (Å²) >= 11 is 0.